The minimum atomic E-state index is 0.435. The summed E-state index contributed by atoms with van der Waals surface area (Å²) in [5.41, 5.74) is 0.435. The van der Waals surface area contributed by atoms with Gasteiger partial charge >= 0.3 is 0 Å². The standard InChI is InChI=1S/C11H12N4/c1-3-5-10-14-8-9(7-12)11(15-10)13-6-4-2/h3-4,8H,1-2,5-6H2,(H,13,14,15). The molecule has 0 atom stereocenters. The summed E-state index contributed by atoms with van der Waals surface area (Å²) in [5.74, 6) is 1.19. The van der Waals surface area contributed by atoms with E-state index in [1.165, 1.54) is 6.20 Å². The first-order chi connectivity index (χ1) is 7.31. The lowest BCUT2D eigenvalue weighted by Crippen LogP contribution is -2.06. The third-order valence-electron chi connectivity index (χ3n) is 1.70. The van der Waals surface area contributed by atoms with Gasteiger partial charge in [-0.15, -0.1) is 13.2 Å². The van der Waals surface area contributed by atoms with Gasteiger partial charge in [0, 0.05) is 13.0 Å². The smallest absolute Gasteiger partial charge is 0.147 e. The molecule has 0 bridgehead atoms. The van der Waals surface area contributed by atoms with Crippen LogP contribution in [0.3, 0.4) is 0 Å². The van der Waals surface area contributed by atoms with Crippen LogP contribution in [0.4, 0.5) is 5.82 Å². The number of hydrogen-bond acceptors (Lipinski definition) is 4. The maximum Gasteiger partial charge on any atom is 0.147 e. The largest absolute Gasteiger partial charge is 0.365 e. The van der Waals surface area contributed by atoms with Gasteiger partial charge in [0.15, 0.2) is 0 Å². The number of anilines is 1. The molecule has 0 spiro atoms. The number of nitrogens with one attached hydrogen (secondary N) is 1. The van der Waals surface area contributed by atoms with Crippen molar-refractivity contribution < 1.29 is 0 Å². The van der Waals surface area contributed by atoms with Crippen LogP contribution in [0, 0.1) is 11.3 Å². The van der Waals surface area contributed by atoms with Crippen LogP contribution < -0.4 is 5.32 Å². The fourth-order valence-corrected chi connectivity index (χ4v) is 1.03. The molecule has 1 N–H and O–H groups in total. The Morgan fingerprint density at radius 1 is 1.47 bits per heavy atom. The topological polar surface area (TPSA) is 61.6 Å². The molecule has 76 valence electrons. The fraction of sp³-hybridized carbons (Fsp3) is 0.182. The molecule has 1 rings (SSSR count). The van der Waals surface area contributed by atoms with Gasteiger partial charge < -0.3 is 5.32 Å². The summed E-state index contributed by atoms with van der Waals surface area (Å²) < 4.78 is 0. The SMILES string of the molecule is C=CCNc1nc(CC=C)ncc1C#N. The van der Waals surface area contributed by atoms with Crippen molar-refractivity contribution in [3.63, 3.8) is 0 Å². The zero-order chi connectivity index (χ0) is 11.1. The predicted octanol–water partition coefficient (Wildman–Crippen LogP) is 1.67. The first-order valence-electron chi connectivity index (χ1n) is 4.53. The van der Waals surface area contributed by atoms with Gasteiger partial charge in [-0.05, 0) is 0 Å². The fourth-order valence-electron chi connectivity index (χ4n) is 1.03. The van der Waals surface area contributed by atoms with E-state index < -0.39 is 0 Å². The van der Waals surface area contributed by atoms with Gasteiger partial charge in [-0.3, -0.25) is 0 Å². The maximum atomic E-state index is 8.82. The summed E-state index contributed by atoms with van der Waals surface area (Å²) in [6.45, 7) is 7.76. The first-order valence-corrected chi connectivity index (χ1v) is 4.53. The van der Waals surface area contributed by atoms with Crippen LogP contribution in [0.5, 0.6) is 0 Å². The van der Waals surface area contributed by atoms with E-state index in [9.17, 15) is 0 Å². The van der Waals surface area contributed by atoms with E-state index in [0.717, 1.165) is 0 Å². The molecule has 1 heterocycles. The minimum absolute atomic E-state index is 0.435. The molecular weight excluding hydrogens is 188 g/mol. The second-order valence-electron chi connectivity index (χ2n) is 2.82. The van der Waals surface area contributed by atoms with Crippen molar-refractivity contribution in [2.75, 3.05) is 11.9 Å². The minimum Gasteiger partial charge on any atom is -0.365 e. The Morgan fingerprint density at radius 3 is 2.87 bits per heavy atom. The van der Waals surface area contributed by atoms with Gasteiger partial charge in [-0.1, -0.05) is 12.2 Å². The molecule has 0 aliphatic carbocycles. The molecule has 0 aromatic carbocycles. The van der Waals surface area contributed by atoms with Crippen molar-refractivity contribution in [3.8, 4) is 6.07 Å². The zero-order valence-electron chi connectivity index (χ0n) is 8.40. The molecule has 15 heavy (non-hydrogen) atoms. The summed E-state index contributed by atoms with van der Waals surface area (Å²) in [7, 11) is 0. The van der Waals surface area contributed by atoms with Gasteiger partial charge in [-0.25, -0.2) is 9.97 Å². The van der Waals surface area contributed by atoms with Crippen molar-refractivity contribution in [3.05, 3.63) is 42.9 Å². The quantitative estimate of drug-likeness (QED) is 0.734. The van der Waals surface area contributed by atoms with E-state index in [0.29, 0.717) is 30.2 Å². The molecule has 0 fully saturated rings. The molecule has 0 saturated carbocycles. The van der Waals surface area contributed by atoms with Crippen LogP contribution in [0.1, 0.15) is 11.4 Å². The Balaban J connectivity index is 2.96. The maximum absolute atomic E-state index is 8.82. The third-order valence-corrected chi connectivity index (χ3v) is 1.70. The highest BCUT2D eigenvalue weighted by Gasteiger charge is 2.04. The van der Waals surface area contributed by atoms with Crippen molar-refractivity contribution in [2.45, 2.75) is 6.42 Å². The Labute approximate surface area is 89.0 Å². The highest BCUT2D eigenvalue weighted by Crippen LogP contribution is 2.10. The van der Waals surface area contributed by atoms with Gasteiger partial charge in [-0.2, -0.15) is 5.26 Å². The predicted molar refractivity (Wildman–Crippen MR) is 59.3 cm³/mol. The number of hydrogen-bond donors (Lipinski definition) is 1. The molecule has 0 unspecified atom stereocenters. The molecule has 4 nitrogen and oxygen atoms in total. The highest BCUT2D eigenvalue weighted by molar-refractivity contribution is 5.50. The van der Waals surface area contributed by atoms with Crippen LogP contribution in [0.2, 0.25) is 0 Å². The van der Waals surface area contributed by atoms with Crippen LogP contribution in [0.25, 0.3) is 0 Å². The van der Waals surface area contributed by atoms with Crippen molar-refractivity contribution >= 4 is 5.82 Å². The average molecular weight is 200 g/mol. The molecule has 0 radical (unpaired) electrons. The molecule has 0 aliphatic rings. The zero-order valence-corrected chi connectivity index (χ0v) is 8.40. The molecule has 4 heteroatoms. The Hall–Kier alpha value is -2.15. The summed E-state index contributed by atoms with van der Waals surface area (Å²) in [6.07, 6.45) is 5.53. The monoisotopic (exact) mass is 200 g/mol. The van der Waals surface area contributed by atoms with E-state index in [-0.39, 0.29) is 0 Å². The Morgan fingerprint density at radius 2 is 2.27 bits per heavy atom. The van der Waals surface area contributed by atoms with Crippen molar-refractivity contribution in [1.29, 1.82) is 5.26 Å². The molecule has 0 amide bonds. The summed E-state index contributed by atoms with van der Waals surface area (Å²) in [6, 6.07) is 2.03. The van der Waals surface area contributed by atoms with Crippen LogP contribution in [-0.4, -0.2) is 16.5 Å². The second kappa shape index (κ2) is 5.55. The van der Waals surface area contributed by atoms with Gasteiger partial charge in [0.05, 0.1) is 6.20 Å². The highest BCUT2D eigenvalue weighted by atomic mass is 15.0. The number of aromatic nitrogens is 2. The van der Waals surface area contributed by atoms with E-state index >= 15 is 0 Å². The van der Waals surface area contributed by atoms with E-state index in [4.69, 9.17) is 5.26 Å². The van der Waals surface area contributed by atoms with Crippen LogP contribution in [0.15, 0.2) is 31.5 Å². The number of allylic oxidation sites excluding steroid dienone is 1. The lowest BCUT2D eigenvalue weighted by atomic mass is 10.3. The normalized spacial score (nSPS) is 9.00. The molecular formula is C11H12N4. The van der Waals surface area contributed by atoms with Gasteiger partial charge in [0.1, 0.15) is 23.3 Å². The van der Waals surface area contributed by atoms with Gasteiger partial charge in [0.25, 0.3) is 0 Å². The summed E-state index contributed by atoms with van der Waals surface area (Å²) in [5, 5.41) is 11.8. The second-order valence-corrected chi connectivity index (χ2v) is 2.82. The lowest BCUT2D eigenvalue weighted by Gasteiger charge is -2.05. The van der Waals surface area contributed by atoms with Gasteiger partial charge in [0.2, 0.25) is 0 Å². The molecule has 0 saturated heterocycles. The van der Waals surface area contributed by atoms with Crippen LogP contribution >= 0.6 is 0 Å². The molecule has 1 aromatic rings. The molecule has 1 aromatic heterocycles. The third kappa shape index (κ3) is 2.92. The van der Waals surface area contributed by atoms with E-state index in [1.54, 1.807) is 12.2 Å². The van der Waals surface area contributed by atoms with Crippen molar-refractivity contribution in [2.24, 2.45) is 0 Å². The van der Waals surface area contributed by atoms with E-state index in [1.807, 2.05) is 6.07 Å². The first kappa shape index (κ1) is 10.9. The average Bonchev–Trinajstić information content (AvgIpc) is 2.27. The Bertz CT molecular complexity index is 404. The van der Waals surface area contributed by atoms with Crippen molar-refractivity contribution in [1.82, 2.24) is 9.97 Å². The molecule has 0 aliphatic heterocycles. The number of rotatable bonds is 5. The number of nitriles is 1. The van der Waals surface area contributed by atoms with E-state index in [2.05, 4.69) is 28.4 Å². The lowest BCUT2D eigenvalue weighted by molar-refractivity contribution is 0.981. The Kier molecular flexibility index (Phi) is 4.05. The number of nitrogens with zero attached hydrogens (tertiary/aromatic N) is 3. The summed E-state index contributed by atoms with van der Waals surface area (Å²) in [4.78, 5) is 8.24. The summed E-state index contributed by atoms with van der Waals surface area (Å²) >= 11 is 0. The van der Waals surface area contributed by atoms with Crippen LogP contribution in [-0.2, 0) is 6.42 Å².